The maximum absolute atomic E-state index is 14.1. The predicted molar refractivity (Wildman–Crippen MR) is 97.2 cm³/mol. The van der Waals surface area contributed by atoms with Crippen molar-refractivity contribution in [2.45, 2.75) is 13.8 Å². The van der Waals surface area contributed by atoms with Gasteiger partial charge in [0.15, 0.2) is 11.6 Å². The maximum atomic E-state index is 14.1. The summed E-state index contributed by atoms with van der Waals surface area (Å²) in [4.78, 5) is 11.2. The van der Waals surface area contributed by atoms with Gasteiger partial charge < -0.3 is 10.4 Å². The van der Waals surface area contributed by atoms with Crippen molar-refractivity contribution >= 4 is 46.0 Å². The Morgan fingerprint density at radius 3 is 2.33 bits per heavy atom. The van der Waals surface area contributed by atoms with Crippen LogP contribution in [0, 0.1) is 21.0 Å². The summed E-state index contributed by atoms with van der Waals surface area (Å²) in [5, 5.41) is 11.4. The van der Waals surface area contributed by atoms with E-state index < -0.39 is 34.7 Å². The lowest BCUT2D eigenvalue weighted by Crippen LogP contribution is -2.09. The molecule has 0 saturated heterocycles. The zero-order valence-corrected chi connectivity index (χ0v) is 15.1. The molecule has 0 aliphatic rings. The van der Waals surface area contributed by atoms with E-state index in [1.807, 2.05) is 36.4 Å². The van der Waals surface area contributed by atoms with E-state index in [1.165, 1.54) is 12.1 Å². The number of aromatic carboxylic acids is 1. The summed E-state index contributed by atoms with van der Waals surface area (Å²) >= 11 is 1.88. The number of halogens is 4. The van der Waals surface area contributed by atoms with Crippen molar-refractivity contribution in [1.29, 1.82) is 0 Å². The fourth-order valence-electron chi connectivity index (χ4n) is 1.81. The Kier molecular flexibility index (Phi) is 7.27. The standard InChI is InChI=1S/C15H9F3INO2.C2H6/c1-2-7-5-9(15(21)22)14(13(18)12(7)17)20-11-4-3-8(19)6-10(11)16;1-2/h2-6,20H,1H2,(H,21,22);1-2H3. The molecular weight excluding hydrogens is 434 g/mol. The number of rotatable bonds is 4. The number of hydrogen-bond acceptors (Lipinski definition) is 2. The summed E-state index contributed by atoms with van der Waals surface area (Å²) in [6.45, 7) is 7.29. The molecule has 7 heteroatoms. The van der Waals surface area contributed by atoms with Crippen molar-refractivity contribution in [1.82, 2.24) is 0 Å². The molecule has 2 aromatic carbocycles. The monoisotopic (exact) mass is 449 g/mol. The quantitative estimate of drug-likeness (QED) is 0.579. The Labute approximate surface area is 151 Å². The van der Waals surface area contributed by atoms with Gasteiger partial charge in [0.25, 0.3) is 0 Å². The Bertz CT molecular complexity index is 779. The molecule has 0 atom stereocenters. The molecule has 0 bridgehead atoms. The van der Waals surface area contributed by atoms with Crippen LogP contribution in [0.5, 0.6) is 0 Å². The number of nitrogens with one attached hydrogen (secondary N) is 1. The van der Waals surface area contributed by atoms with Crippen LogP contribution >= 0.6 is 22.6 Å². The van der Waals surface area contributed by atoms with Crippen LogP contribution in [-0.2, 0) is 0 Å². The summed E-state index contributed by atoms with van der Waals surface area (Å²) in [6, 6.07) is 4.96. The molecule has 0 aliphatic carbocycles. The van der Waals surface area contributed by atoms with Gasteiger partial charge >= 0.3 is 5.97 Å². The predicted octanol–water partition coefficient (Wildman–Crippen LogP) is 5.82. The molecule has 0 amide bonds. The van der Waals surface area contributed by atoms with Crippen molar-refractivity contribution in [2.75, 3.05) is 5.32 Å². The first-order chi connectivity index (χ1) is 11.3. The minimum atomic E-state index is -1.48. The molecule has 24 heavy (non-hydrogen) atoms. The first kappa shape index (κ1) is 20.0. The van der Waals surface area contributed by atoms with E-state index in [0.717, 1.165) is 12.1 Å². The number of carboxylic acids is 1. The zero-order chi connectivity index (χ0) is 18.4. The SMILES string of the molecule is C=Cc1cc(C(=O)O)c(Nc2ccc(I)cc2F)c(F)c1F.CC. The lowest BCUT2D eigenvalue weighted by molar-refractivity contribution is 0.0697. The first-order valence-electron chi connectivity index (χ1n) is 6.95. The minimum Gasteiger partial charge on any atom is -0.478 e. The number of hydrogen-bond donors (Lipinski definition) is 2. The van der Waals surface area contributed by atoms with Crippen molar-refractivity contribution in [3.63, 3.8) is 0 Å². The van der Waals surface area contributed by atoms with E-state index in [4.69, 9.17) is 5.11 Å². The summed E-state index contributed by atoms with van der Waals surface area (Å²) in [6.07, 6.45) is 1.00. The van der Waals surface area contributed by atoms with Crippen LogP contribution in [0.4, 0.5) is 24.5 Å². The molecule has 3 nitrogen and oxygen atoms in total. The molecular formula is C17H15F3INO2. The Balaban J connectivity index is 0.00000139. The van der Waals surface area contributed by atoms with Crippen LogP contribution in [0.15, 0.2) is 30.8 Å². The lowest BCUT2D eigenvalue weighted by atomic mass is 10.1. The van der Waals surface area contributed by atoms with Crippen LogP contribution in [0.3, 0.4) is 0 Å². The van der Waals surface area contributed by atoms with Gasteiger partial charge in [-0.3, -0.25) is 0 Å². The third-order valence-corrected chi connectivity index (χ3v) is 3.55. The highest BCUT2D eigenvalue weighted by atomic mass is 127. The molecule has 0 heterocycles. The number of carbonyl (C=O) groups is 1. The third-order valence-electron chi connectivity index (χ3n) is 2.88. The Hall–Kier alpha value is -2.03. The normalized spacial score (nSPS) is 9.75. The van der Waals surface area contributed by atoms with Crippen LogP contribution in [-0.4, -0.2) is 11.1 Å². The molecule has 2 aromatic rings. The average molecular weight is 449 g/mol. The number of carboxylic acid groups (broad SMARTS) is 1. The van der Waals surface area contributed by atoms with Gasteiger partial charge in [0, 0.05) is 9.13 Å². The summed E-state index contributed by atoms with van der Waals surface area (Å²) < 4.78 is 42.3. The highest BCUT2D eigenvalue weighted by molar-refractivity contribution is 14.1. The topological polar surface area (TPSA) is 49.3 Å². The molecule has 0 aromatic heterocycles. The van der Waals surface area contributed by atoms with E-state index in [0.29, 0.717) is 3.57 Å². The molecule has 0 fully saturated rings. The average Bonchev–Trinajstić information content (AvgIpc) is 2.56. The van der Waals surface area contributed by atoms with Gasteiger partial charge in [-0.25, -0.2) is 18.0 Å². The highest BCUT2D eigenvalue weighted by Crippen LogP contribution is 2.30. The molecule has 0 spiro atoms. The van der Waals surface area contributed by atoms with Gasteiger partial charge in [-0.15, -0.1) is 0 Å². The molecule has 2 rings (SSSR count). The Morgan fingerprint density at radius 2 is 1.83 bits per heavy atom. The maximum Gasteiger partial charge on any atom is 0.337 e. The van der Waals surface area contributed by atoms with Gasteiger partial charge in [0.05, 0.1) is 16.9 Å². The zero-order valence-electron chi connectivity index (χ0n) is 13.0. The van der Waals surface area contributed by atoms with E-state index in [9.17, 15) is 18.0 Å². The van der Waals surface area contributed by atoms with Crippen molar-refractivity contribution < 1.29 is 23.1 Å². The largest absolute Gasteiger partial charge is 0.478 e. The van der Waals surface area contributed by atoms with Crippen molar-refractivity contribution in [3.8, 4) is 0 Å². The first-order valence-corrected chi connectivity index (χ1v) is 8.02. The molecule has 2 N–H and O–H groups in total. The van der Waals surface area contributed by atoms with Gasteiger partial charge in [0.1, 0.15) is 5.82 Å². The van der Waals surface area contributed by atoms with Crippen molar-refractivity contribution in [3.05, 3.63) is 63.0 Å². The second-order valence-electron chi connectivity index (χ2n) is 4.27. The Morgan fingerprint density at radius 1 is 1.21 bits per heavy atom. The van der Waals surface area contributed by atoms with Gasteiger partial charge in [-0.1, -0.05) is 26.5 Å². The van der Waals surface area contributed by atoms with Crippen molar-refractivity contribution in [2.24, 2.45) is 0 Å². The minimum absolute atomic E-state index is 0.160. The fourth-order valence-corrected chi connectivity index (χ4v) is 2.26. The van der Waals surface area contributed by atoms with Gasteiger partial charge in [-0.05, 0) is 46.9 Å². The molecule has 0 aliphatic heterocycles. The van der Waals surface area contributed by atoms with E-state index in [1.54, 1.807) is 6.07 Å². The van der Waals surface area contributed by atoms with Crippen LogP contribution in [0.1, 0.15) is 29.8 Å². The second-order valence-corrected chi connectivity index (χ2v) is 5.52. The second kappa shape index (κ2) is 8.72. The number of anilines is 2. The lowest BCUT2D eigenvalue weighted by Gasteiger charge is -2.13. The summed E-state index contributed by atoms with van der Waals surface area (Å²) in [7, 11) is 0. The van der Waals surface area contributed by atoms with Crippen LogP contribution < -0.4 is 5.32 Å². The van der Waals surface area contributed by atoms with Gasteiger partial charge in [0.2, 0.25) is 0 Å². The third kappa shape index (κ3) is 4.28. The summed E-state index contributed by atoms with van der Waals surface area (Å²) in [5.74, 6) is -4.85. The fraction of sp³-hybridized carbons (Fsp3) is 0.118. The summed E-state index contributed by atoms with van der Waals surface area (Å²) in [5.41, 5.74) is -1.61. The molecule has 0 saturated carbocycles. The smallest absolute Gasteiger partial charge is 0.337 e. The van der Waals surface area contributed by atoms with Crippen LogP contribution in [0.25, 0.3) is 6.08 Å². The van der Waals surface area contributed by atoms with E-state index in [-0.39, 0.29) is 11.3 Å². The van der Waals surface area contributed by atoms with Gasteiger partial charge in [-0.2, -0.15) is 0 Å². The number of benzene rings is 2. The molecule has 128 valence electrons. The van der Waals surface area contributed by atoms with E-state index in [2.05, 4.69) is 11.9 Å². The van der Waals surface area contributed by atoms with E-state index >= 15 is 0 Å². The highest BCUT2D eigenvalue weighted by Gasteiger charge is 2.22. The molecule has 0 unspecified atom stereocenters. The molecule has 0 radical (unpaired) electrons. The van der Waals surface area contributed by atoms with Crippen LogP contribution in [0.2, 0.25) is 0 Å².